The summed E-state index contributed by atoms with van der Waals surface area (Å²) < 4.78 is 0. The van der Waals surface area contributed by atoms with Gasteiger partial charge < -0.3 is 0 Å². The van der Waals surface area contributed by atoms with E-state index in [9.17, 15) is 0 Å². The molecule has 6 atom stereocenters. The lowest BCUT2D eigenvalue weighted by atomic mass is 9.77. The maximum absolute atomic E-state index is 4.47. The van der Waals surface area contributed by atoms with Crippen LogP contribution >= 0.6 is 0 Å². The second-order valence-corrected chi connectivity index (χ2v) is 11.3. The van der Waals surface area contributed by atoms with Gasteiger partial charge in [0.2, 0.25) is 0 Å². The van der Waals surface area contributed by atoms with Crippen molar-refractivity contribution in [3.63, 3.8) is 0 Å². The molecule has 1 aromatic carbocycles. The van der Waals surface area contributed by atoms with Crippen LogP contribution in [0.1, 0.15) is 71.4 Å². The van der Waals surface area contributed by atoms with Gasteiger partial charge in [0.15, 0.2) is 0 Å². The molecule has 0 saturated heterocycles. The van der Waals surface area contributed by atoms with Crippen LogP contribution in [0.2, 0.25) is 0 Å². The summed E-state index contributed by atoms with van der Waals surface area (Å²) in [6.45, 7) is 22.3. The van der Waals surface area contributed by atoms with Gasteiger partial charge in [-0.3, -0.25) is 0 Å². The molecule has 0 nitrogen and oxygen atoms in total. The molecule has 6 unspecified atom stereocenters. The highest BCUT2D eigenvalue weighted by Gasteiger charge is 2.22. The number of hydrogen-bond donors (Lipinski definition) is 0. The van der Waals surface area contributed by atoms with Crippen molar-refractivity contribution in [3.8, 4) is 0 Å². The predicted octanol–water partition coefficient (Wildman–Crippen LogP) is 10.2. The van der Waals surface area contributed by atoms with Gasteiger partial charge in [-0.05, 0) is 81.1 Å². The highest BCUT2D eigenvalue weighted by Crippen LogP contribution is 2.33. The summed E-state index contributed by atoms with van der Waals surface area (Å²) in [7, 11) is 0. The van der Waals surface area contributed by atoms with Crippen molar-refractivity contribution in [2.24, 2.45) is 35.5 Å². The van der Waals surface area contributed by atoms with Crippen molar-refractivity contribution < 1.29 is 0 Å². The van der Waals surface area contributed by atoms with E-state index in [1.165, 1.54) is 41.5 Å². The predicted molar refractivity (Wildman–Crippen MR) is 158 cm³/mol. The second-order valence-electron chi connectivity index (χ2n) is 11.3. The van der Waals surface area contributed by atoms with Crippen molar-refractivity contribution in [3.05, 3.63) is 108 Å². The normalized spacial score (nSPS) is 21.6. The number of benzene rings is 1. The van der Waals surface area contributed by atoms with E-state index < -0.39 is 0 Å². The number of aryl methyl sites for hydroxylation is 1. The third kappa shape index (κ3) is 10.4. The molecular weight excluding hydrogens is 420 g/mol. The van der Waals surface area contributed by atoms with Gasteiger partial charge in [-0.1, -0.05) is 124 Å². The van der Waals surface area contributed by atoms with Crippen molar-refractivity contribution >= 4 is 0 Å². The number of allylic oxidation sites excluding steroid dienone is 10. The molecular formula is C35H50. The first-order valence-corrected chi connectivity index (χ1v) is 13.8. The Morgan fingerprint density at radius 3 is 2.37 bits per heavy atom. The third-order valence-corrected chi connectivity index (χ3v) is 7.71. The SMILES string of the molecule is C=CC(CC=C(C)C=CC(C)CCC(C)Cc1ccc(C)cc1)CC(C)C(=C)C1C=CC=CC1C. The maximum Gasteiger partial charge on any atom is 0.00401 e. The van der Waals surface area contributed by atoms with Crippen LogP contribution in [-0.2, 0) is 6.42 Å². The molecule has 1 aliphatic rings. The molecule has 0 radical (unpaired) electrons. The molecule has 0 heterocycles. The van der Waals surface area contributed by atoms with E-state index in [4.69, 9.17) is 0 Å². The topological polar surface area (TPSA) is 0 Å². The summed E-state index contributed by atoms with van der Waals surface area (Å²) in [6.07, 6.45) is 24.0. The van der Waals surface area contributed by atoms with Gasteiger partial charge in [-0.15, -0.1) is 6.58 Å². The largest absolute Gasteiger partial charge is 0.103 e. The molecule has 1 aromatic rings. The molecule has 1 aliphatic carbocycles. The maximum atomic E-state index is 4.47. The standard InChI is InChI=1S/C35H50/c1-9-33(25-31(7)32(8)35-13-11-10-12-30(35)6)21-18-27(3)15-14-26(2)16-17-29(5)24-34-22-19-28(4)20-23-34/h9-15,18-20,22-23,26,29-31,33,35H,1,8,16-17,21,24-25H2,2-7H3. The number of hydrogen-bond acceptors (Lipinski definition) is 0. The fourth-order valence-electron chi connectivity index (χ4n) is 5.00. The van der Waals surface area contributed by atoms with Crippen molar-refractivity contribution in [1.82, 2.24) is 0 Å². The Hall–Kier alpha value is -2.34. The van der Waals surface area contributed by atoms with Crippen LogP contribution in [0.25, 0.3) is 0 Å². The summed E-state index contributed by atoms with van der Waals surface area (Å²) in [4.78, 5) is 0. The molecule has 0 heteroatoms. The van der Waals surface area contributed by atoms with Crippen LogP contribution in [0.15, 0.2) is 97.2 Å². The molecule has 0 saturated carbocycles. The molecule has 2 rings (SSSR count). The molecule has 0 spiro atoms. The minimum absolute atomic E-state index is 0.460. The van der Waals surface area contributed by atoms with Crippen LogP contribution in [0.5, 0.6) is 0 Å². The van der Waals surface area contributed by atoms with Crippen LogP contribution in [-0.4, -0.2) is 0 Å². The van der Waals surface area contributed by atoms with E-state index in [0.29, 0.717) is 29.6 Å². The van der Waals surface area contributed by atoms with Crippen molar-refractivity contribution in [1.29, 1.82) is 0 Å². The van der Waals surface area contributed by atoms with Gasteiger partial charge >= 0.3 is 0 Å². The molecule has 35 heavy (non-hydrogen) atoms. The monoisotopic (exact) mass is 470 g/mol. The van der Waals surface area contributed by atoms with Crippen molar-refractivity contribution in [2.75, 3.05) is 0 Å². The summed E-state index contributed by atoms with van der Waals surface area (Å²) >= 11 is 0. The average Bonchev–Trinajstić information content (AvgIpc) is 2.85. The van der Waals surface area contributed by atoms with Crippen molar-refractivity contribution in [2.45, 2.75) is 73.6 Å². The molecule has 0 fully saturated rings. The molecule has 0 aromatic heterocycles. The Balaban J connectivity index is 1.76. The van der Waals surface area contributed by atoms with Crippen LogP contribution in [0.4, 0.5) is 0 Å². The summed E-state index contributed by atoms with van der Waals surface area (Å²) in [5, 5.41) is 0. The lowest BCUT2D eigenvalue weighted by molar-refractivity contribution is 0.441. The minimum Gasteiger partial charge on any atom is -0.103 e. The fourth-order valence-corrected chi connectivity index (χ4v) is 5.00. The molecule has 0 amide bonds. The van der Waals surface area contributed by atoms with E-state index in [1.807, 2.05) is 0 Å². The van der Waals surface area contributed by atoms with E-state index in [2.05, 4.69) is 128 Å². The summed E-state index contributed by atoms with van der Waals surface area (Å²) in [6, 6.07) is 9.01. The zero-order chi connectivity index (χ0) is 25.8. The molecule has 190 valence electrons. The summed E-state index contributed by atoms with van der Waals surface area (Å²) in [5.74, 6) is 3.31. The van der Waals surface area contributed by atoms with Crippen LogP contribution < -0.4 is 0 Å². The van der Waals surface area contributed by atoms with E-state index in [1.54, 1.807) is 0 Å². The number of rotatable bonds is 14. The van der Waals surface area contributed by atoms with Gasteiger partial charge in [0.1, 0.15) is 0 Å². The van der Waals surface area contributed by atoms with E-state index >= 15 is 0 Å². The first-order chi connectivity index (χ1) is 16.7. The first-order valence-electron chi connectivity index (χ1n) is 13.8. The zero-order valence-corrected chi connectivity index (χ0v) is 23.3. The third-order valence-electron chi connectivity index (χ3n) is 7.71. The summed E-state index contributed by atoms with van der Waals surface area (Å²) in [5.41, 5.74) is 5.52. The highest BCUT2D eigenvalue weighted by atomic mass is 14.3. The molecule has 0 aliphatic heterocycles. The van der Waals surface area contributed by atoms with Gasteiger partial charge in [-0.2, -0.15) is 0 Å². The quantitative estimate of drug-likeness (QED) is 0.187. The Labute approximate surface area is 217 Å². The highest BCUT2D eigenvalue weighted by molar-refractivity contribution is 5.24. The van der Waals surface area contributed by atoms with Gasteiger partial charge in [-0.25, -0.2) is 0 Å². The Bertz CT molecular complexity index is 904. The van der Waals surface area contributed by atoms with Crippen LogP contribution in [0.3, 0.4) is 0 Å². The Morgan fingerprint density at radius 1 is 1.03 bits per heavy atom. The first kappa shape index (κ1) is 28.9. The average molecular weight is 471 g/mol. The molecule has 0 N–H and O–H groups in total. The van der Waals surface area contributed by atoms with Gasteiger partial charge in [0.05, 0.1) is 0 Å². The minimum atomic E-state index is 0.460. The van der Waals surface area contributed by atoms with Gasteiger partial charge in [0.25, 0.3) is 0 Å². The smallest absolute Gasteiger partial charge is 0.00401 e. The molecule has 0 bridgehead atoms. The van der Waals surface area contributed by atoms with Crippen LogP contribution in [0, 0.1) is 42.4 Å². The Kier molecular flexibility index (Phi) is 12.3. The van der Waals surface area contributed by atoms with E-state index in [0.717, 1.165) is 18.8 Å². The fraction of sp³-hybridized carbons (Fsp3) is 0.486. The van der Waals surface area contributed by atoms with E-state index in [-0.39, 0.29) is 0 Å². The zero-order valence-electron chi connectivity index (χ0n) is 23.3. The Morgan fingerprint density at radius 2 is 1.71 bits per heavy atom. The lowest BCUT2D eigenvalue weighted by Crippen LogP contribution is -2.17. The lowest BCUT2D eigenvalue weighted by Gasteiger charge is -2.28. The van der Waals surface area contributed by atoms with Gasteiger partial charge in [0, 0.05) is 5.92 Å². The second kappa shape index (κ2) is 14.9.